The van der Waals surface area contributed by atoms with Crippen molar-refractivity contribution < 1.29 is 22.7 Å². The molecule has 2 rings (SSSR count). The van der Waals surface area contributed by atoms with E-state index in [9.17, 15) is 18.0 Å². The van der Waals surface area contributed by atoms with E-state index < -0.39 is 16.0 Å². The average Bonchev–Trinajstić information content (AvgIpc) is 2.70. The van der Waals surface area contributed by atoms with Crippen LogP contribution in [0.1, 0.15) is 56.1 Å². The Morgan fingerprint density at radius 1 is 0.968 bits per heavy atom. The highest BCUT2D eigenvalue weighted by atomic mass is 32.2. The van der Waals surface area contributed by atoms with Gasteiger partial charge in [0.25, 0.3) is 5.91 Å². The first-order chi connectivity index (χ1) is 14.4. The molecular formula is C23H30N2O5S. The Balaban J connectivity index is 1.94. The van der Waals surface area contributed by atoms with Crippen molar-refractivity contribution in [1.82, 2.24) is 10.0 Å². The normalized spacial score (nSPS) is 11.9. The number of amides is 1. The van der Waals surface area contributed by atoms with Gasteiger partial charge in [-0.2, -0.15) is 0 Å². The molecule has 0 saturated heterocycles. The van der Waals surface area contributed by atoms with Crippen LogP contribution in [-0.2, 0) is 31.5 Å². The van der Waals surface area contributed by atoms with Gasteiger partial charge in [-0.25, -0.2) is 17.9 Å². The Morgan fingerprint density at radius 3 is 2.06 bits per heavy atom. The minimum absolute atomic E-state index is 0.0364. The molecule has 0 unspecified atom stereocenters. The monoisotopic (exact) mass is 446 g/mol. The number of nitrogens with one attached hydrogen (secondary N) is 2. The van der Waals surface area contributed by atoms with Crippen LogP contribution in [0.2, 0.25) is 0 Å². The number of rotatable bonds is 8. The van der Waals surface area contributed by atoms with Crippen LogP contribution in [-0.4, -0.2) is 32.9 Å². The summed E-state index contributed by atoms with van der Waals surface area (Å²) in [5.74, 6) is -0.991. The van der Waals surface area contributed by atoms with Gasteiger partial charge in [0.05, 0.1) is 10.5 Å². The minimum atomic E-state index is -3.66. The van der Waals surface area contributed by atoms with Crippen LogP contribution in [0.15, 0.2) is 53.4 Å². The summed E-state index contributed by atoms with van der Waals surface area (Å²) < 4.78 is 32.6. The van der Waals surface area contributed by atoms with Gasteiger partial charge in [0.2, 0.25) is 10.0 Å². The molecule has 0 fully saturated rings. The lowest BCUT2D eigenvalue weighted by molar-refractivity contribution is -0.124. The third-order valence-electron chi connectivity index (χ3n) is 4.47. The van der Waals surface area contributed by atoms with Crippen molar-refractivity contribution in [3.8, 4) is 0 Å². The lowest BCUT2D eigenvalue weighted by Gasteiger charge is -2.19. The van der Waals surface area contributed by atoms with E-state index in [0.717, 1.165) is 5.56 Å². The molecule has 2 aromatic rings. The molecular weight excluding hydrogens is 416 g/mol. The summed E-state index contributed by atoms with van der Waals surface area (Å²) in [7, 11) is -3.66. The molecule has 0 spiro atoms. The Kier molecular flexibility index (Phi) is 7.97. The van der Waals surface area contributed by atoms with E-state index in [1.54, 1.807) is 24.3 Å². The molecule has 0 atom stereocenters. The molecule has 0 aliphatic rings. The molecule has 0 bridgehead atoms. The molecule has 31 heavy (non-hydrogen) atoms. The second-order valence-corrected chi connectivity index (χ2v) is 10.4. The zero-order chi connectivity index (χ0) is 23.2. The molecule has 0 radical (unpaired) electrons. The van der Waals surface area contributed by atoms with E-state index in [0.29, 0.717) is 5.56 Å². The van der Waals surface area contributed by atoms with Crippen LogP contribution >= 0.6 is 0 Å². The highest BCUT2D eigenvalue weighted by Gasteiger charge is 2.17. The van der Waals surface area contributed by atoms with Gasteiger partial charge in [0, 0.05) is 12.6 Å². The van der Waals surface area contributed by atoms with Crippen LogP contribution in [0.3, 0.4) is 0 Å². The minimum Gasteiger partial charge on any atom is -0.452 e. The molecule has 0 aromatic heterocycles. The van der Waals surface area contributed by atoms with Crippen molar-refractivity contribution in [2.24, 2.45) is 0 Å². The predicted molar refractivity (Wildman–Crippen MR) is 119 cm³/mol. The largest absolute Gasteiger partial charge is 0.452 e. The van der Waals surface area contributed by atoms with Gasteiger partial charge in [0.1, 0.15) is 0 Å². The summed E-state index contributed by atoms with van der Waals surface area (Å²) in [5, 5.41) is 2.63. The van der Waals surface area contributed by atoms with E-state index in [2.05, 4.69) is 30.8 Å². The maximum atomic E-state index is 12.5. The Morgan fingerprint density at radius 2 is 1.55 bits per heavy atom. The van der Waals surface area contributed by atoms with E-state index in [1.807, 2.05) is 26.0 Å². The lowest BCUT2D eigenvalue weighted by atomic mass is 9.87. The lowest BCUT2D eigenvalue weighted by Crippen LogP contribution is -2.33. The first kappa shape index (κ1) is 24.6. The summed E-state index contributed by atoms with van der Waals surface area (Å²) in [6.07, 6.45) is 0. The van der Waals surface area contributed by atoms with Gasteiger partial charge < -0.3 is 10.1 Å². The SMILES string of the molecule is CC(C)NC(=O)COC(=O)c1ccc(CNS(=O)(=O)c2ccc(C(C)(C)C)cc2)cc1. The van der Waals surface area contributed by atoms with Crippen molar-refractivity contribution in [2.45, 2.75) is 57.5 Å². The highest BCUT2D eigenvalue weighted by molar-refractivity contribution is 7.89. The van der Waals surface area contributed by atoms with Gasteiger partial charge in [-0.1, -0.05) is 45.0 Å². The standard InChI is InChI=1S/C23H30N2O5S/c1-16(2)25-21(26)15-30-22(27)18-8-6-17(7-9-18)14-24-31(28,29)20-12-10-19(11-13-20)23(3,4)5/h6-13,16,24H,14-15H2,1-5H3,(H,25,26). The third kappa shape index (κ3) is 7.48. The fraction of sp³-hybridized carbons (Fsp3) is 0.391. The zero-order valence-electron chi connectivity index (χ0n) is 18.6. The summed E-state index contributed by atoms with van der Waals surface area (Å²) in [5.41, 5.74) is 1.96. The topological polar surface area (TPSA) is 102 Å². The summed E-state index contributed by atoms with van der Waals surface area (Å²) in [4.78, 5) is 23.8. The van der Waals surface area contributed by atoms with Crippen molar-refractivity contribution in [3.63, 3.8) is 0 Å². The number of carbonyl (C=O) groups is 2. The van der Waals surface area contributed by atoms with Gasteiger partial charge >= 0.3 is 5.97 Å². The molecule has 168 valence electrons. The van der Waals surface area contributed by atoms with Gasteiger partial charge in [-0.05, 0) is 54.7 Å². The van der Waals surface area contributed by atoms with E-state index in [1.165, 1.54) is 12.1 Å². The van der Waals surface area contributed by atoms with Crippen LogP contribution in [0.4, 0.5) is 0 Å². The number of hydrogen-bond donors (Lipinski definition) is 2. The average molecular weight is 447 g/mol. The molecule has 0 aliphatic heterocycles. The maximum absolute atomic E-state index is 12.5. The second kappa shape index (κ2) is 10.1. The first-order valence-electron chi connectivity index (χ1n) is 10.0. The molecule has 0 saturated carbocycles. The van der Waals surface area contributed by atoms with Gasteiger partial charge in [-0.3, -0.25) is 4.79 Å². The quantitative estimate of drug-likeness (QED) is 0.607. The number of benzene rings is 2. The van der Waals surface area contributed by atoms with Crippen molar-refractivity contribution in [3.05, 3.63) is 65.2 Å². The summed E-state index contributed by atoms with van der Waals surface area (Å²) in [6.45, 7) is 9.54. The van der Waals surface area contributed by atoms with Crippen LogP contribution < -0.4 is 10.0 Å². The Bertz CT molecular complexity index is 1010. The van der Waals surface area contributed by atoms with Crippen molar-refractivity contribution in [1.29, 1.82) is 0 Å². The highest BCUT2D eigenvalue weighted by Crippen LogP contribution is 2.23. The Labute approximate surface area is 184 Å². The molecule has 8 heteroatoms. The fourth-order valence-electron chi connectivity index (χ4n) is 2.73. The van der Waals surface area contributed by atoms with E-state index in [4.69, 9.17) is 4.74 Å². The molecule has 1 amide bonds. The summed E-state index contributed by atoms with van der Waals surface area (Å²) >= 11 is 0. The third-order valence-corrected chi connectivity index (χ3v) is 5.89. The second-order valence-electron chi connectivity index (χ2n) is 8.59. The number of hydrogen-bond acceptors (Lipinski definition) is 5. The van der Waals surface area contributed by atoms with E-state index >= 15 is 0 Å². The van der Waals surface area contributed by atoms with Crippen LogP contribution in [0.25, 0.3) is 0 Å². The number of sulfonamides is 1. The predicted octanol–water partition coefficient (Wildman–Crippen LogP) is 3.14. The molecule has 7 nitrogen and oxygen atoms in total. The molecule has 2 aromatic carbocycles. The number of esters is 1. The smallest absolute Gasteiger partial charge is 0.338 e. The first-order valence-corrected chi connectivity index (χ1v) is 11.5. The maximum Gasteiger partial charge on any atom is 0.338 e. The van der Waals surface area contributed by atoms with Crippen LogP contribution in [0.5, 0.6) is 0 Å². The molecule has 0 heterocycles. The van der Waals surface area contributed by atoms with Gasteiger partial charge in [-0.15, -0.1) is 0 Å². The van der Waals surface area contributed by atoms with Gasteiger partial charge in [0.15, 0.2) is 6.61 Å². The van der Waals surface area contributed by atoms with Crippen molar-refractivity contribution >= 4 is 21.9 Å². The van der Waals surface area contributed by atoms with E-state index in [-0.39, 0.29) is 41.0 Å². The Hall–Kier alpha value is -2.71. The summed E-state index contributed by atoms with van der Waals surface area (Å²) in [6, 6.07) is 13.1. The van der Waals surface area contributed by atoms with Crippen LogP contribution in [0, 0.1) is 0 Å². The zero-order valence-corrected chi connectivity index (χ0v) is 19.4. The molecule has 0 aliphatic carbocycles. The fourth-order valence-corrected chi connectivity index (χ4v) is 3.75. The molecule has 2 N–H and O–H groups in total. The van der Waals surface area contributed by atoms with Crippen molar-refractivity contribution in [2.75, 3.05) is 6.61 Å². The number of carbonyl (C=O) groups excluding carboxylic acids is 2. The number of ether oxygens (including phenoxy) is 1.